The Morgan fingerprint density at radius 3 is 2.59 bits per heavy atom. The number of benzene rings is 2. The van der Waals surface area contributed by atoms with E-state index in [9.17, 15) is 18.0 Å². The number of carbonyl (C=O) groups excluding carboxylic acids is 1. The monoisotopic (exact) mass is 473 g/mol. The number of thioether (sulfide) groups is 1. The first-order valence-corrected chi connectivity index (χ1v) is 9.51. The lowest BCUT2D eigenvalue weighted by atomic mass is 10.1. The molecule has 1 aliphatic heterocycles. The molecule has 140 valence electrons. The van der Waals surface area contributed by atoms with Crippen molar-refractivity contribution in [2.24, 2.45) is 0 Å². The fourth-order valence-electron chi connectivity index (χ4n) is 2.44. The smallest absolute Gasteiger partial charge is 0.416 e. The number of carbonyl (C=O) groups is 1. The number of rotatable bonds is 3. The SMILES string of the molecule is COc1ccc(/C=C2/SC(=S)N(c3cccc(C(F)(F)F)c3)C2=O)cc1Br. The van der Waals surface area contributed by atoms with Crippen molar-refractivity contribution in [2.45, 2.75) is 6.18 Å². The summed E-state index contributed by atoms with van der Waals surface area (Å²) in [5.41, 5.74) is -0.0176. The molecule has 9 heteroatoms. The van der Waals surface area contributed by atoms with E-state index in [2.05, 4.69) is 15.9 Å². The van der Waals surface area contributed by atoms with Gasteiger partial charge in [-0.1, -0.05) is 36.1 Å². The minimum atomic E-state index is -4.50. The van der Waals surface area contributed by atoms with Gasteiger partial charge in [-0.2, -0.15) is 13.2 Å². The summed E-state index contributed by atoms with van der Waals surface area (Å²) in [6.07, 6.45) is -2.86. The molecule has 3 nitrogen and oxygen atoms in total. The number of methoxy groups -OCH3 is 1. The Bertz CT molecular complexity index is 960. The van der Waals surface area contributed by atoms with Gasteiger partial charge in [-0.05, 0) is 57.9 Å². The highest BCUT2D eigenvalue weighted by Crippen LogP contribution is 2.39. The van der Waals surface area contributed by atoms with Crippen LogP contribution in [-0.4, -0.2) is 17.3 Å². The fraction of sp³-hybridized carbons (Fsp3) is 0.111. The molecular weight excluding hydrogens is 463 g/mol. The largest absolute Gasteiger partial charge is 0.496 e. The van der Waals surface area contributed by atoms with Gasteiger partial charge in [-0.3, -0.25) is 9.69 Å². The van der Waals surface area contributed by atoms with Crippen LogP contribution in [-0.2, 0) is 11.0 Å². The molecule has 1 amide bonds. The van der Waals surface area contributed by atoms with E-state index in [0.717, 1.165) is 34.4 Å². The molecule has 0 saturated carbocycles. The van der Waals surface area contributed by atoms with Crippen LogP contribution in [0.3, 0.4) is 0 Å². The Morgan fingerprint density at radius 1 is 1.22 bits per heavy atom. The molecule has 27 heavy (non-hydrogen) atoms. The van der Waals surface area contributed by atoms with Crippen LogP contribution in [0.2, 0.25) is 0 Å². The van der Waals surface area contributed by atoms with Gasteiger partial charge in [-0.15, -0.1) is 0 Å². The molecule has 2 aromatic rings. The highest BCUT2D eigenvalue weighted by molar-refractivity contribution is 9.10. The summed E-state index contributed by atoms with van der Waals surface area (Å²) in [6, 6.07) is 9.82. The highest BCUT2D eigenvalue weighted by atomic mass is 79.9. The number of anilines is 1. The second-order valence-electron chi connectivity index (χ2n) is 5.46. The number of hydrogen-bond donors (Lipinski definition) is 0. The van der Waals surface area contributed by atoms with Crippen molar-refractivity contribution in [3.63, 3.8) is 0 Å². The Morgan fingerprint density at radius 2 is 1.96 bits per heavy atom. The first-order chi connectivity index (χ1) is 12.7. The predicted octanol–water partition coefficient (Wildman–Crippen LogP) is 5.88. The normalized spacial score (nSPS) is 16.3. The van der Waals surface area contributed by atoms with Crippen molar-refractivity contribution < 1.29 is 22.7 Å². The number of hydrogen-bond acceptors (Lipinski definition) is 4. The van der Waals surface area contributed by atoms with Gasteiger partial charge < -0.3 is 4.74 Å². The zero-order valence-electron chi connectivity index (χ0n) is 13.7. The van der Waals surface area contributed by atoms with E-state index in [4.69, 9.17) is 17.0 Å². The van der Waals surface area contributed by atoms with E-state index in [1.54, 1.807) is 31.4 Å². The molecule has 1 saturated heterocycles. The number of nitrogens with zero attached hydrogens (tertiary/aromatic N) is 1. The van der Waals surface area contributed by atoms with Crippen LogP contribution in [0.25, 0.3) is 6.08 Å². The van der Waals surface area contributed by atoms with Gasteiger partial charge >= 0.3 is 6.18 Å². The summed E-state index contributed by atoms with van der Waals surface area (Å²) in [5.74, 6) is 0.180. The lowest BCUT2D eigenvalue weighted by Gasteiger charge is -2.16. The predicted molar refractivity (Wildman–Crippen MR) is 108 cm³/mol. The molecule has 0 aliphatic carbocycles. The van der Waals surface area contributed by atoms with Crippen LogP contribution < -0.4 is 9.64 Å². The Hall–Kier alpha value is -1.84. The van der Waals surface area contributed by atoms with Gasteiger partial charge in [0.25, 0.3) is 5.91 Å². The molecule has 0 radical (unpaired) electrons. The maximum absolute atomic E-state index is 12.9. The number of alkyl halides is 3. The minimum absolute atomic E-state index is 0.0895. The maximum Gasteiger partial charge on any atom is 0.416 e. The fourth-order valence-corrected chi connectivity index (χ4v) is 4.29. The van der Waals surface area contributed by atoms with E-state index in [1.165, 1.54) is 12.1 Å². The Labute approximate surface area is 171 Å². The van der Waals surface area contributed by atoms with Gasteiger partial charge in [0.2, 0.25) is 0 Å². The van der Waals surface area contributed by atoms with E-state index >= 15 is 0 Å². The Kier molecular flexibility index (Phi) is 5.64. The van der Waals surface area contributed by atoms with E-state index in [-0.39, 0.29) is 10.0 Å². The quantitative estimate of drug-likeness (QED) is 0.411. The molecule has 0 bridgehead atoms. The first-order valence-electron chi connectivity index (χ1n) is 7.49. The van der Waals surface area contributed by atoms with Gasteiger partial charge in [0.05, 0.1) is 27.7 Å². The third kappa shape index (κ3) is 4.20. The number of thiocarbonyl (C=S) groups is 1. The van der Waals surface area contributed by atoms with Gasteiger partial charge in [0.1, 0.15) is 5.75 Å². The van der Waals surface area contributed by atoms with Crippen LogP contribution in [0.4, 0.5) is 18.9 Å². The molecular formula is C18H11BrF3NO2S2. The number of halogens is 4. The van der Waals surface area contributed by atoms with Crippen molar-refractivity contribution in [1.29, 1.82) is 0 Å². The molecule has 2 aromatic carbocycles. The van der Waals surface area contributed by atoms with Crippen LogP contribution >= 0.6 is 39.9 Å². The van der Waals surface area contributed by atoms with Crippen LogP contribution in [0.5, 0.6) is 5.75 Å². The average molecular weight is 474 g/mol. The van der Waals surface area contributed by atoms with E-state index < -0.39 is 17.6 Å². The summed E-state index contributed by atoms with van der Waals surface area (Å²) < 4.78 is 44.9. The van der Waals surface area contributed by atoms with E-state index in [0.29, 0.717) is 15.1 Å². The summed E-state index contributed by atoms with van der Waals surface area (Å²) in [6.45, 7) is 0. The van der Waals surface area contributed by atoms with Crippen LogP contribution in [0, 0.1) is 0 Å². The summed E-state index contributed by atoms with van der Waals surface area (Å²) >= 11 is 9.62. The molecule has 1 fully saturated rings. The lowest BCUT2D eigenvalue weighted by Crippen LogP contribution is -2.27. The van der Waals surface area contributed by atoms with Gasteiger partial charge in [0.15, 0.2) is 4.32 Å². The molecule has 0 unspecified atom stereocenters. The second-order valence-corrected chi connectivity index (χ2v) is 7.99. The zero-order chi connectivity index (χ0) is 19.8. The number of amides is 1. The molecule has 3 rings (SSSR count). The van der Waals surface area contributed by atoms with Crippen molar-refractivity contribution in [2.75, 3.05) is 12.0 Å². The molecule has 0 spiro atoms. The van der Waals surface area contributed by atoms with E-state index in [1.807, 2.05) is 0 Å². The van der Waals surface area contributed by atoms with Gasteiger partial charge in [0, 0.05) is 0 Å². The topological polar surface area (TPSA) is 29.5 Å². The third-order valence-corrected chi connectivity index (χ3v) is 5.62. The van der Waals surface area contributed by atoms with Crippen molar-refractivity contribution in [3.8, 4) is 5.75 Å². The highest BCUT2D eigenvalue weighted by Gasteiger charge is 2.36. The molecule has 0 N–H and O–H groups in total. The standard InChI is InChI=1S/C18H11BrF3NO2S2/c1-25-14-6-5-10(7-13(14)19)8-15-16(24)23(17(26)27-15)12-4-2-3-11(9-12)18(20,21)22/h2-9H,1H3/b15-8+. The lowest BCUT2D eigenvalue weighted by molar-refractivity contribution is -0.137. The molecule has 0 aromatic heterocycles. The molecule has 0 atom stereocenters. The van der Waals surface area contributed by atoms with Crippen molar-refractivity contribution in [3.05, 3.63) is 63.0 Å². The van der Waals surface area contributed by atoms with Gasteiger partial charge in [-0.25, -0.2) is 0 Å². The summed E-state index contributed by atoms with van der Waals surface area (Å²) in [4.78, 5) is 14.2. The minimum Gasteiger partial charge on any atom is -0.496 e. The van der Waals surface area contributed by atoms with Crippen LogP contribution in [0.1, 0.15) is 11.1 Å². The summed E-state index contributed by atoms with van der Waals surface area (Å²) in [5, 5.41) is 0. The van der Waals surface area contributed by atoms with Crippen LogP contribution in [0.15, 0.2) is 51.8 Å². The average Bonchev–Trinajstić information content (AvgIpc) is 2.88. The molecule has 1 aliphatic rings. The number of ether oxygens (including phenoxy) is 1. The second kappa shape index (κ2) is 7.65. The summed E-state index contributed by atoms with van der Waals surface area (Å²) in [7, 11) is 1.54. The third-order valence-electron chi connectivity index (χ3n) is 3.70. The zero-order valence-corrected chi connectivity index (χ0v) is 16.9. The first kappa shape index (κ1) is 19.9. The molecule has 1 heterocycles. The maximum atomic E-state index is 12.9. The van der Waals surface area contributed by atoms with Crippen molar-refractivity contribution >= 4 is 61.9 Å². The van der Waals surface area contributed by atoms with Crippen molar-refractivity contribution in [1.82, 2.24) is 0 Å². The Balaban J connectivity index is 1.93.